The van der Waals surface area contributed by atoms with E-state index in [0.717, 1.165) is 25.7 Å². The lowest BCUT2D eigenvalue weighted by atomic mass is 9.89. The van der Waals surface area contributed by atoms with Crippen LogP contribution in [0.5, 0.6) is 0 Å². The highest BCUT2D eigenvalue weighted by molar-refractivity contribution is 7.99. The Morgan fingerprint density at radius 2 is 1.89 bits per heavy atom. The zero-order chi connectivity index (χ0) is 18.9. The van der Waals surface area contributed by atoms with Gasteiger partial charge in [-0.1, -0.05) is 30.3 Å². The maximum absolute atomic E-state index is 13.2. The van der Waals surface area contributed by atoms with Gasteiger partial charge < -0.3 is 4.90 Å². The number of hydrogen-bond acceptors (Lipinski definition) is 4. The number of nitrogens with zero attached hydrogens (tertiary/aromatic N) is 4. The van der Waals surface area contributed by atoms with Crippen LogP contribution < -0.4 is 0 Å². The van der Waals surface area contributed by atoms with Gasteiger partial charge in [0.1, 0.15) is 6.54 Å². The standard InChI is InChI=1S/C22H28N4OS/c27-21(16-25-10-4-9-23-25)26-14-18-13-24(19-7-11-28-12-8-19)15-20(18)22(26)17-5-2-1-3-6-17/h1-6,9-10,18-20,22H,7-8,11-16H2/t18-,20-,22+/m0/s1. The molecule has 3 aliphatic rings. The Morgan fingerprint density at radius 1 is 1.07 bits per heavy atom. The van der Waals surface area contributed by atoms with E-state index >= 15 is 0 Å². The first-order valence-electron chi connectivity index (χ1n) is 10.4. The van der Waals surface area contributed by atoms with Gasteiger partial charge in [0, 0.05) is 44.0 Å². The second-order valence-electron chi connectivity index (χ2n) is 8.33. The number of fused-ring (bicyclic) bond motifs is 1. The molecule has 0 N–H and O–H groups in total. The van der Waals surface area contributed by atoms with Crippen molar-refractivity contribution in [1.82, 2.24) is 19.6 Å². The van der Waals surface area contributed by atoms with Crippen LogP contribution in [0.1, 0.15) is 24.4 Å². The zero-order valence-electron chi connectivity index (χ0n) is 16.2. The molecule has 5 rings (SSSR count). The average Bonchev–Trinajstić information content (AvgIpc) is 3.45. The van der Waals surface area contributed by atoms with Crippen molar-refractivity contribution in [3.05, 3.63) is 54.4 Å². The monoisotopic (exact) mass is 396 g/mol. The van der Waals surface area contributed by atoms with Crippen molar-refractivity contribution >= 4 is 17.7 Å². The van der Waals surface area contributed by atoms with Crippen LogP contribution in [0.25, 0.3) is 0 Å². The van der Waals surface area contributed by atoms with E-state index in [1.54, 1.807) is 10.9 Å². The molecule has 28 heavy (non-hydrogen) atoms. The van der Waals surface area contributed by atoms with Crippen LogP contribution in [0.2, 0.25) is 0 Å². The average molecular weight is 397 g/mol. The summed E-state index contributed by atoms with van der Waals surface area (Å²) in [7, 11) is 0. The van der Waals surface area contributed by atoms with Gasteiger partial charge in [-0.2, -0.15) is 16.9 Å². The fourth-order valence-electron chi connectivity index (χ4n) is 5.39. The Bertz CT molecular complexity index is 790. The van der Waals surface area contributed by atoms with E-state index in [-0.39, 0.29) is 11.9 Å². The SMILES string of the molecule is O=C(Cn1cccn1)N1C[C@@H]2CN(C3CCSCC3)C[C@@H]2[C@H]1c1ccccc1. The lowest BCUT2D eigenvalue weighted by Gasteiger charge is -2.34. The van der Waals surface area contributed by atoms with Gasteiger partial charge in [0.05, 0.1) is 6.04 Å². The first-order valence-corrected chi connectivity index (χ1v) is 11.6. The van der Waals surface area contributed by atoms with Crippen LogP contribution in [0.4, 0.5) is 0 Å². The summed E-state index contributed by atoms with van der Waals surface area (Å²) >= 11 is 2.09. The molecule has 0 saturated carbocycles. The highest BCUT2D eigenvalue weighted by Gasteiger charge is 2.50. The van der Waals surface area contributed by atoms with Crippen LogP contribution in [-0.2, 0) is 11.3 Å². The van der Waals surface area contributed by atoms with Crippen molar-refractivity contribution in [3.8, 4) is 0 Å². The summed E-state index contributed by atoms with van der Waals surface area (Å²) in [6.45, 7) is 3.49. The molecule has 0 spiro atoms. The topological polar surface area (TPSA) is 41.4 Å². The van der Waals surface area contributed by atoms with Crippen molar-refractivity contribution in [2.24, 2.45) is 11.8 Å². The minimum Gasteiger partial charge on any atom is -0.333 e. The van der Waals surface area contributed by atoms with Gasteiger partial charge in [-0.15, -0.1) is 0 Å². The predicted octanol–water partition coefficient (Wildman–Crippen LogP) is 2.91. The molecule has 3 atom stereocenters. The molecule has 2 aromatic rings. The molecule has 3 aliphatic heterocycles. The number of benzene rings is 1. The highest BCUT2D eigenvalue weighted by Crippen LogP contribution is 2.46. The van der Waals surface area contributed by atoms with Gasteiger partial charge >= 0.3 is 0 Å². The molecule has 148 valence electrons. The van der Waals surface area contributed by atoms with E-state index in [4.69, 9.17) is 0 Å². The van der Waals surface area contributed by atoms with E-state index < -0.39 is 0 Å². The number of amides is 1. The van der Waals surface area contributed by atoms with E-state index in [1.807, 2.05) is 12.3 Å². The van der Waals surface area contributed by atoms with Gasteiger partial charge in [-0.05, 0) is 41.9 Å². The maximum Gasteiger partial charge on any atom is 0.244 e. The van der Waals surface area contributed by atoms with Crippen LogP contribution >= 0.6 is 11.8 Å². The Kier molecular flexibility index (Phi) is 5.16. The molecule has 0 radical (unpaired) electrons. The van der Waals surface area contributed by atoms with Gasteiger partial charge in [0.15, 0.2) is 0 Å². The molecule has 0 aliphatic carbocycles. The molecule has 6 heteroatoms. The van der Waals surface area contributed by atoms with Gasteiger partial charge in [-0.3, -0.25) is 14.4 Å². The summed E-state index contributed by atoms with van der Waals surface area (Å²) in [5.74, 6) is 3.91. The third-order valence-corrected chi connectivity index (χ3v) is 7.77. The first-order chi connectivity index (χ1) is 13.8. The third-order valence-electron chi connectivity index (χ3n) is 6.72. The van der Waals surface area contributed by atoms with Crippen molar-refractivity contribution in [1.29, 1.82) is 0 Å². The summed E-state index contributed by atoms with van der Waals surface area (Å²) < 4.78 is 1.74. The Balaban J connectivity index is 1.37. The van der Waals surface area contributed by atoms with Crippen LogP contribution in [0, 0.1) is 11.8 Å². The predicted molar refractivity (Wildman–Crippen MR) is 112 cm³/mol. The summed E-state index contributed by atoms with van der Waals surface area (Å²) in [6, 6.07) is 13.5. The fourth-order valence-corrected chi connectivity index (χ4v) is 6.47. The first kappa shape index (κ1) is 18.3. The molecule has 3 fully saturated rings. The minimum atomic E-state index is 0.188. The lowest BCUT2D eigenvalue weighted by Crippen LogP contribution is -2.41. The number of thioether (sulfide) groups is 1. The second kappa shape index (κ2) is 7.91. The number of carbonyl (C=O) groups is 1. The normalized spacial score (nSPS) is 28.6. The minimum absolute atomic E-state index is 0.188. The summed E-state index contributed by atoms with van der Waals surface area (Å²) in [5, 5.41) is 4.23. The molecule has 0 unspecified atom stereocenters. The van der Waals surface area contributed by atoms with Gasteiger partial charge in [0.25, 0.3) is 0 Å². The van der Waals surface area contributed by atoms with Crippen LogP contribution in [-0.4, -0.2) is 62.7 Å². The number of likely N-dealkylation sites (tertiary alicyclic amines) is 2. The van der Waals surface area contributed by atoms with E-state index in [0.29, 0.717) is 18.4 Å². The Labute approximate surface area is 171 Å². The quantitative estimate of drug-likeness (QED) is 0.797. The number of aromatic nitrogens is 2. The Hall–Kier alpha value is -1.79. The van der Waals surface area contributed by atoms with Crippen LogP contribution in [0.15, 0.2) is 48.8 Å². The molecule has 3 saturated heterocycles. The molecular formula is C22H28N4OS. The van der Waals surface area contributed by atoms with Crippen LogP contribution in [0.3, 0.4) is 0 Å². The largest absolute Gasteiger partial charge is 0.333 e. The molecular weight excluding hydrogens is 368 g/mol. The van der Waals surface area contributed by atoms with E-state index in [1.165, 1.54) is 29.9 Å². The molecule has 1 amide bonds. The second-order valence-corrected chi connectivity index (χ2v) is 9.55. The van der Waals surface area contributed by atoms with Crippen molar-refractivity contribution in [2.75, 3.05) is 31.1 Å². The van der Waals surface area contributed by atoms with E-state index in [9.17, 15) is 4.79 Å². The Morgan fingerprint density at radius 3 is 2.64 bits per heavy atom. The molecule has 4 heterocycles. The summed E-state index contributed by atoms with van der Waals surface area (Å²) in [4.78, 5) is 18.0. The zero-order valence-corrected chi connectivity index (χ0v) is 17.0. The lowest BCUT2D eigenvalue weighted by molar-refractivity contribution is -0.133. The van der Waals surface area contributed by atoms with E-state index in [2.05, 4.69) is 57.0 Å². The third kappa shape index (κ3) is 3.48. The van der Waals surface area contributed by atoms with Gasteiger partial charge in [-0.25, -0.2) is 0 Å². The summed E-state index contributed by atoms with van der Waals surface area (Å²) in [6.07, 6.45) is 6.25. The van der Waals surface area contributed by atoms with Crippen molar-refractivity contribution < 1.29 is 4.79 Å². The summed E-state index contributed by atoms with van der Waals surface area (Å²) in [5.41, 5.74) is 1.28. The maximum atomic E-state index is 13.2. The van der Waals surface area contributed by atoms with Crippen molar-refractivity contribution in [2.45, 2.75) is 31.5 Å². The number of carbonyl (C=O) groups excluding carboxylic acids is 1. The smallest absolute Gasteiger partial charge is 0.244 e. The number of rotatable bonds is 4. The van der Waals surface area contributed by atoms with Gasteiger partial charge in [0.2, 0.25) is 5.91 Å². The fraction of sp³-hybridized carbons (Fsp3) is 0.545. The molecule has 1 aromatic heterocycles. The van der Waals surface area contributed by atoms with Crippen molar-refractivity contribution in [3.63, 3.8) is 0 Å². The highest BCUT2D eigenvalue weighted by atomic mass is 32.2. The molecule has 0 bridgehead atoms. The molecule has 1 aromatic carbocycles. The number of hydrogen-bond donors (Lipinski definition) is 0. The molecule has 5 nitrogen and oxygen atoms in total.